The Labute approximate surface area is 247 Å². The molecule has 0 radical (unpaired) electrons. The Bertz CT molecular complexity index is 1530. The zero-order valence-corrected chi connectivity index (χ0v) is 24.9. The van der Waals surface area contributed by atoms with E-state index in [9.17, 15) is 17.7 Å². The number of aryl methyl sites for hydroxylation is 2. The van der Waals surface area contributed by atoms with Crippen molar-refractivity contribution in [2.75, 3.05) is 37.1 Å². The summed E-state index contributed by atoms with van der Waals surface area (Å²) in [4.78, 5) is 11.5. The highest BCUT2D eigenvalue weighted by molar-refractivity contribution is 7.70. The van der Waals surface area contributed by atoms with Crippen molar-refractivity contribution < 1.29 is 27.2 Å². The lowest BCUT2D eigenvalue weighted by molar-refractivity contribution is -0.274. The number of ether oxygens (including phenoxy) is 2. The first kappa shape index (κ1) is 29.2. The van der Waals surface area contributed by atoms with Crippen molar-refractivity contribution in [3.05, 3.63) is 58.7 Å². The van der Waals surface area contributed by atoms with Crippen molar-refractivity contribution >= 4 is 47.2 Å². The average Bonchev–Trinajstić information content (AvgIpc) is 3.49. The third kappa shape index (κ3) is 6.54. The average molecular weight is 622 g/mol. The summed E-state index contributed by atoms with van der Waals surface area (Å²) in [5, 5.41) is 6.63. The number of nitrogens with zero attached hydrogens (tertiary/aromatic N) is 3. The van der Waals surface area contributed by atoms with E-state index in [1.165, 1.54) is 36.7 Å². The van der Waals surface area contributed by atoms with Gasteiger partial charge in [0.15, 0.2) is 5.82 Å². The van der Waals surface area contributed by atoms with E-state index in [1.54, 1.807) is 0 Å². The molecule has 2 bridgehead atoms. The smallest absolute Gasteiger partial charge is 0.406 e. The van der Waals surface area contributed by atoms with Gasteiger partial charge in [0.2, 0.25) is 5.95 Å². The van der Waals surface area contributed by atoms with Gasteiger partial charge in [-0.1, -0.05) is 17.7 Å². The number of hydrogen-bond donors (Lipinski definition) is 2. The molecule has 0 spiro atoms. The quantitative estimate of drug-likeness (QED) is 0.229. The number of rotatable bonds is 7. The molecule has 2 saturated heterocycles. The zero-order valence-electron chi connectivity index (χ0n) is 23.2. The van der Waals surface area contributed by atoms with Crippen molar-refractivity contribution in [1.82, 2.24) is 14.9 Å². The molecular weight excluding hydrogens is 590 g/mol. The minimum absolute atomic E-state index is 0.173. The Morgan fingerprint density at radius 1 is 1.07 bits per heavy atom. The van der Waals surface area contributed by atoms with E-state index < -0.39 is 19.3 Å². The molecule has 13 heteroatoms. The topological polar surface area (TPSA) is 88.6 Å². The Morgan fingerprint density at radius 3 is 2.55 bits per heavy atom. The van der Waals surface area contributed by atoms with E-state index in [1.807, 2.05) is 6.07 Å². The minimum atomic E-state index is -4.87. The number of hydrogen-bond acceptors (Lipinski definition) is 8. The zero-order chi connectivity index (χ0) is 29.6. The van der Waals surface area contributed by atoms with E-state index in [-0.39, 0.29) is 22.1 Å². The fraction of sp³-hybridized carbons (Fsp3) is 0.448. The van der Waals surface area contributed by atoms with Gasteiger partial charge < -0.3 is 24.7 Å². The molecule has 3 aliphatic rings. The fourth-order valence-corrected chi connectivity index (χ4v) is 7.50. The van der Waals surface area contributed by atoms with Crippen molar-refractivity contribution in [2.45, 2.75) is 56.7 Å². The number of anilines is 4. The molecule has 3 heterocycles. The molecule has 2 N–H and O–H groups in total. The summed E-state index contributed by atoms with van der Waals surface area (Å²) in [6, 6.07) is 11.1. The van der Waals surface area contributed by atoms with Crippen LogP contribution < -0.4 is 20.7 Å². The third-order valence-corrected chi connectivity index (χ3v) is 9.95. The first-order chi connectivity index (χ1) is 19.9. The number of fused-ring (bicyclic) bond motifs is 3. The predicted molar refractivity (Wildman–Crippen MR) is 158 cm³/mol. The Kier molecular flexibility index (Phi) is 7.89. The van der Waals surface area contributed by atoms with Crippen LogP contribution in [-0.4, -0.2) is 65.9 Å². The number of alkyl halides is 3. The minimum Gasteiger partial charge on any atom is -0.406 e. The molecule has 3 atom stereocenters. The molecule has 0 amide bonds. The van der Waals surface area contributed by atoms with Gasteiger partial charge in [0, 0.05) is 29.6 Å². The summed E-state index contributed by atoms with van der Waals surface area (Å²) in [7, 11) is -3.02. The molecule has 224 valence electrons. The molecule has 42 heavy (non-hydrogen) atoms. The summed E-state index contributed by atoms with van der Waals surface area (Å²) in [5.41, 5.74) is 3.82. The van der Waals surface area contributed by atoms with Gasteiger partial charge in [-0.05, 0) is 86.9 Å². The fourth-order valence-electron chi connectivity index (χ4n) is 6.21. The van der Waals surface area contributed by atoms with Crippen LogP contribution in [-0.2, 0) is 22.1 Å². The second-order valence-electron chi connectivity index (χ2n) is 11.5. The number of halogens is 4. The number of aromatic nitrogens is 2. The summed E-state index contributed by atoms with van der Waals surface area (Å²) in [5.74, 6) is 0.0466. The SMILES string of the molecule is CP(C)(=O)c1cc(OC(F)(F)F)ccc1Nc1nc(Nc2ccc3c(c2)CC[C@H](N2C[C@@H]4C[C@H]2CO4)CC3)ncc1Cl. The monoisotopic (exact) mass is 621 g/mol. The maximum Gasteiger partial charge on any atom is 0.573 e. The molecule has 3 aromatic rings. The molecule has 6 rings (SSSR count). The molecule has 1 aliphatic carbocycles. The molecule has 2 fully saturated rings. The van der Waals surface area contributed by atoms with Gasteiger partial charge in [0.25, 0.3) is 0 Å². The van der Waals surface area contributed by atoms with E-state index in [0.717, 1.165) is 63.1 Å². The Morgan fingerprint density at radius 2 is 1.86 bits per heavy atom. The van der Waals surface area contributed by atoms with E-state index in [0.29, 0.717) is 23.9 Å². The van der Waals surface area contributed by atoms with Gasteiger partial charge in [0.1, 0.15) is 17.9 Å². The second-order valence-corrected chi connectivity index (χ2v) is 15.1. The van der Waals surface area contributed by atoms with Gasteiger partial charge >= 0.3 is 6.36 Å². The van der Waals surface area contributed by atoms with E-state index >= 15 is 0 Å². The highest BCUT2D eigenvalue weighted by atomic mass is 35.5. The first-order valence-corrected chi connectivity index (χ1v) is 16.9. The molecule has 8 nitrogen and oxygen atoms in total. The van der Waals surface area contributed by atoms with Crippen LogP contribution in [0.3, 0.4) is 0 Å². The van der Waals surface area contributed by atoms with Crippen LogP contribution in [0.1, 0.15) is 30.4 Å². The predicted octanol–water partition coefficient (Wildman–Crippen LogP) is 6.48. The number of benzene rings is 2. The normalized spacial score (nSPS) is 22.5. The van der Waals surface area contributed by atoms with Crippen LogP contribution in [0.4, 0.5) is 36.3 Å². The van der Waals surface area contributed by atoms with Crippen molar-refractivity contribution in [3.63, 3.8) is 0 Å². The highest BCUT2D eigenvalue weighted by Crippen LogP contribution is 2.41. The summed E-state index contributed by atoms with van der Waals surface area (Å²) < 4.78 is 61.1. The molecule has 2 aliphatic heterocycles. The summed E-state index contributed by atoms with van der Waals surface area (Å²) >= 11 is 6.37. The third-order valence-electron chi connectivity index (χ3n) is 8.15. The number of nitrogens with one attached hydrogen (secondary N) is 2. The van der Waals surface area contributed by atoms with Crippen LogP contribution in [0.25, 0.3) is 0 Å². The van der Waals surface area contributed by atoms with Crippen LogP contribution in [0.5, 0.6) is 5.75 Å². The molecule has 0 saturated carbocycles. The van der Waals surface area contributed by atoms with Gasteiger partial charge in [-0.25, -0.2) is 4.98 Å². The van der Waals surface area contributed by atoms with E-state index in [2.05, 4.69) is 42.4 Å². The summed E-state index contributed by atoms with van der Waals surface area (Å²) in [6.45, 7) is 4.83. The maximum atomic E-state index is 12.9. The van der Waals surface area contributed by atoms with Crippen LogP contribution in [0.2, 0.25) is 5.02 Å². The standard InChI is InChI=1S/C29H32ClF3N5O3P/c1-42(2,39)26-13-22(41-29(31,32)33)9-10-25(26)36-27-24(30)14-34-28(37-27)35-19-6-3-17-4-7-20(8-5-18(17)11-19)38-15-23-12-21(38)16-40-23/h3,6,9-11,13-14,20-21,23H,4-5,7-8,12,15-16H2,1-2H3,(H2,34,35,36,37)/t20-,21+,23+/m1/s1. The number of likely N-dealkylation sites (tertiary alicyclic amines) is 1. The van der Waals surface area contributed by atoms with Gasteiger partial charge in [0.05, 0.1) is 24.6 Å². The van der Waals surface area contributed by atoms with E-state index in [4.69, 9.17) is 16.3 Å². The highest BCUT2D eigenvalue weighted by Gasteiger charge is 2.42. The lowest BCUT2D eigenvalue weighted by Crippen LogP contribution is -2.44. The molecule has 2 aromatic carbocycles. The van der Waals surface area contributed by atoms with Crippen LogP contribution in [0, 0.1) is 0 Å². The van der Waals surface area contributed by atoms with Crippen molar-refractivity contribution in [1.29, 1.82) is 0 Å². The maximum absolute atomic E-state index is 12.9. The molecule has 1 aromatic heterocycles. The molecule has 0 unspecified atom stereocenters. The number of morpholine rings is 1. The van der Waals surface area contributed by atoms with Gasteiger partial charge in [-0.2, -0.15) is 4.98 Å². The Hall–Kier alpha value is -2.85. The largest absolute Gasteiger partial charge is 0.573 e. The lowest BCUT2D eigenvalue weighted by atomic mass is 10.0. The summed E-state index contributed by atoms with van der Waals surface area (Å²) in [6.07, 6.45) is 2.40. The van der Waals surface area contributed by atoms with Crippen molar-refractivity contribution in [3.8, 4) is 5.75 Å². The van der Waals surface area contributed by atoms with Gasteiger partial charge in [-0.15, -0.1) is 13.2 Å². The Balaban J connectivity index is 1.17. The molecular formula is C29H32ClF3N5O3P. The van der Waals surface area contributed by atoms with Gasteiger partial charge in [-0.3, -0.25) is 4.90 Å². The first-order valence-electron chi connectivity index (χ1n) is 13.9. The van der Waals surface area contributed by atoms with Crippen molar-refractivity contribution in [2.24, 2.45) is 0 Å². The van der Waals surface area contributed by atoms with Crippen LogP contribution in [0.15, 0.2) is 42.6 Å². The lowest BCUT2D eigenvalue weighted by Gasteiger charge is -2.34. The van der Waals surface area contributed by atoms with Crippen LogP contribution >= 0.6 is 18.7 Å². The second kappa shape index (κ2) is 11.3.